The molecule has 2 amide bonds. The fourth-order valence-electron chi connectivity index (χ4n) is 5.03. The predicted octanol–water partition coefficient (Wildman–Crippen LogP) is 1.93. The van der Waals surface area contributed by atoms with Crippen molar-refractivity contribution in [1.82, 2.24) is 9.88 Å². The van der Waals surface area contributed by atoms with Gasteiger partial charge in [-0.25, -0.2) is 18.4 Å². The van der Waals surface area contributed by atoms with Crippen LogP contribution in [0.5, 0.6) is 5.75 Å². The molecule has 33 heavy (non-hydrogen) atoms. The third-order valence-corrected chi connectivity index (χ3v) is 6.67. The van der Waals surface area contributed by atoms with Gasteiger partial charge in [0, 0.05) is 31.7 Å². The second-order valence-electron chi connectivity index (χ2n) is 8.74. The Morgan fingerprint density at radius 2 is 2.09 bits per heavy atom. The first-order valence-electron chi connectivity index (χ1n) is 10.6. The standard InChI is InChI=1S/C21H22F2N4O6/c22-13-5-12-16(27(11-1-2-11)7-14(18(12)28)33-20(30)31)15(23)17(13)26-6-10-3-4-32-21(10,9-26)8-25-19(24)29/h5,7,10-11H,1-4,6,8-9H2,(H,30,31)(H3,24,25,29). The van der Waals surface area contributed by atoms with Gasteiger partial charge in [-0.15, -0.1) is 0 Å². The number of carbonyl (C=O) groups excluding carboxylic acids is 1. The quantitative estimate of drug-likeness (QED) is 0.575. The molecule has 2 aliphatic heterocycles. The largest absolute Gasteiger partial charge is 0.511 e. The maximum Gasteiger partial charge on any atom is 0.511 e. The lowest BCUT2D eigenvalue weighted by Crippen LogP contribution is -2.49. The molecule has 0 radical (unpaired) electrons. The number of carboxylic acid groups (broad SMARTS) is 1. The summed E-state index contributed by atoms with van der Waals surface area (Å²) < 4.78 is 43.0. The number of fused-ring (bicyclic) bond motifs is 2. The van der Waals surface area contributed by atoms with Crippen LogP contribution in [0.15, 0.2) is 17.1 Å². The summed E-state index contributed by atoms with van der Waals surface area (Å²) in [5.41, 5.74) is 3.08. The lowest BCUT2D eigenvalue weighted by molar-refractivity contribution is 0.00780. The molecule has 2 saturated heterocycles. The van der Waals surface area contributed by atoms with E-state index in [4.69, 9.17) is 15.6 Å². The Kier molecular flexibility index (Phi) is 4.92. The van der Waals surface area contributed by atoms with Gasteiger partial charge >= 0.3 is 12.2 Å². The molecule has 1 aliphatic carbocycles. The van der Waals surface area contributed by atoms with Crippen molar-refractivity contribution in [1.29, 1.82) is 0 Å². The number of nitrogens with one attached hydrogen (secondary N) is 1. The van der Waals surface area contributed by atoms with Crippen LogP contribution in [0.25, 0.3) is 10.9 Å². The summed E-state index contributed by atoms with van der Waals surface area (Å²) in [5, 5.41) is 11.2. The molecule has 10 nitrogen and oxygen atoms in total. The number of aromatic nitrogens is 1. The number of hydrogen-bond donors (Lipinski definition) is 3. The first-order chi connectivity index (χ1) is 15.7. The Morgan fingerprint density at radius 3 is 2.76 bits per heavy atom. The van der Waals surface area contributed by atoms with Crippen LogP contribution >= 0.6 is 0 Å². The second-order valence-corrected chi connectivity index (χ2v) is 8.74. The summed E-state index contributed by atoms with van der Waals surface area (Å²) in [6, 6.07) is 0.0601. The van der Waals surface area contributed by atoms with E-state index in [1.807, 2.05) is 0 Å². The van der Waals surface area contributed by atoms with Gasteiger partial charge in [-0.05, 0) is 25.3 Å². The number of ether oxygens (including phenoxy) is 2. The average Bonchev–Trinajstić information content (AvgIpc) is 3.41. The van der Waals surface area contributed by atoms with E-state index in [-0.39, 0.29) is 41.6 Å². The number of rotatable bonds is 5. The predicted molar refractivity (Wildman–Crippen MR) is 112 cm³/mol. The van der Waals surface area contributed by atoms with E-state index in [0.717, 1.165) is 6.07 Å². The molecule has 3 fully saturated rings. The summed E-state index contributed by atoms with van der Waals surface area (Å²) in [6.45, 7) is 1.01. The maximum atomic E-state index is 15.9. The molecule has 4 N–H and O–H groups in total. The van der Waals surface area contributed by atoms with Crippen LogP contribution in [-0.4, -0.2) is 53.7 Å². The summed E-state index contributed by atoms with van der Waals surface area (Å²) >= 11 is 0. The first kappa shape index (κ1) is 21.4. The molecule has 0 spiro atoms. The number of primary amides is 1. The minimum atomic E-state index is -1.69. The molecule has 1 aromatic heterocycles. The molecule has 3 heterocycles. The molecule has 5 rings (SSSR count). The Morgan fingerprint density at radius 1 is 1.33 bits per heavy atom. The summed E-state index contributed by atoms with van der Waals surface area (Å²) in [4.78, 5) is 36.5. The van der Waals surface area contributed by atoms with Crippen molar-refractivity contribution in [2.75, 3.05) is 31.1 Å². The van der Waals surface area contributed by atoms with Crippen molar-refractivity contribution in [3.63, 3.8) is 0 Å². The van der Waals surface area contributed by atoms with Gasteiger partial charge < -0.3 is 35.1 Å². The number of nitrogens with zero attached hydrogens (tertiary/aromatic N) is 2. The van der Waals surface area contributed by atoms with Gasteiger partial charge in [0.25, 0.3) is 0 Å². The third-order valence-electron chi connectivity index (χ3n) is 6.67. The number of amides is 2. The van der Waals surface area contributed by atoms with E-state index in [1.165, 1.54) is 15.7 Å². The highest BCUT2D eigenvalue weighted by atomic mass is 19.1. The van der Waals surface area contributed by atoms with Crippen LogP contribution in [0.3, 0.4) is 0 Å². The normalized spacial score (nSPS) is 24.2. The van der Waals surface area contributed by atoms with E-state index in [1.54, 1.807) is 0 Å². The summed E-state index contributed by atoms with van der Waals surface area (Å²) in [5.74, 6) is -2.44. The van der Waals surface area contributed by atoms with Crippen molar-refractivity contribution in [2.24, 2.45) is 11.7 Å². The average molecular weight is 464 g/mol. The van der Waals surface area contributed by atoms with Crippen LogP contribution in [0.2, 0.25) is 0 Å². The van der Waals surface area contributed by atoms with Gasteiger partial charge in [0.1, 0.15) is 17.1 Å². The maximum absolute atomic E-state index is 15.9. The van der Waals surface area contributed by atoms with E-state index < -0.39 is 40.6 Å². The molecule has 1 saturated carbocycles. The molecule has 176 valence electrons. The lowest BCUT2D eigenvalue weighted by atomic mass is 9.91. The van der Waals surface area contributed by atoms with Crippen LogP contribution in [0.1, 0.15) is 25.3 Å². The Labute approximate surface area is 185 Å². The highest BCUT2D eigenvalue weighted by molar-refractivity contribution is 5.86. The minimum absolute atomic E-state index is 0.0733. The molecule has 2 atom stereocenters. The van der Waals surface area contributed by atoms with Crippen LogP contribution < -0.4 is 26.1 Å². The van der Waals surface area contributed by atoms with E-state index in [0.29, 0.717) is 32.4 Å². The van der Waals surface area contributed by atoms with Gasteiger partial charge in [0.05, 0.1) is 23.6 Å². The fourth-order valence-corrected chi connectivity index (χ4v) is 5.03. The molecule has 2 unspecified atom stereocenters. The SMILES string of the molecule is NC(=O)NCC12CN(c3c(F)cc4c(=O)c(OC(=O)O)cn(C5CC5)c4c3F)CC1CCO2. The van der Waals surface area contributed by atoms with E-state index in [9.17, 15) is 14.4 Å². The minimum Gasteiger partial charge on any atom is -0.449 e. The monoisotopic (exact) mass is 464 g/mol. The van der Waals surface area contributed by atoms with E-state index in [2.05, 4.69) is 10.1 Å². The van der Waals surface area contributed by atoms with Crippen LogP contribution in [0.4, 0.5) is 24.1 Å². The molecule has 2 aromatic rings. The topological polar surface area (TPSA) is 136 Å². The summed E-state index contributed by atoms with van der Waals surface area (Å²) in [6.07, 6.45) is 1.55. The molecule has 1 aromatic carbocycles. The number of urea groups is 1. The van der Waals surface area contributed by atoms with Crippen molar-refractivity contribution in [3.8, 4) is 5.75 Å². The molecular weight excluding hydrogens is 442 g/mol. The second kappa shape index (κ2) is 7.58. The Balaban J connectivity index is 1.60. The molecule has 12 heteroatoms. The number of anilines is 1. The van der Waals surface area contributed by atoms with Crippen molar-refractivity contribution in [2.45, 2.75) is 30.9 Å². The van der Waals surface area contributed by atoms with Gasteiger partial charge in [-0.3, -0.25) is 4.79 Å². The van der Waals surface area contributed by atoms with Gasteiger partial charge in [-0.1, -0.05) is 0 Å². The molecule has 3 aliphatic rings. The lowest BCUT2D eigenvalue weighted by Gasteiger charge is -2.29. The molecule has 0 bridgehead atoms. The third kappa shape index (κ3) is 3.54. The van der Waals surface area contributed by atoms with Gasteiger partial charge in [-0.2, -0.15) is 0 Å². The van der Waals surface area contributed by atoms with E-state index >= 15 is 8.78 Å². The Bertz CT molecular complexity index is 1230. The fraction of sp³-hybridized carbons (Fsp3) is 0.476. The highest BCUT2D eigenvalue weighted by Crippen LogP contribution is 2.44. The number of benzene rings is 1. The van der Waals surface area contributed by atoms with Gasteiger partial charge in [0.2, 0.25) is 5.43 Å². The number of halogens is 2. The number of hydrogen-bond acceptors (Lipinski definition) is 6. The zero-order chi connectivity index (χ0) is 23.5. The highest BCUT2D eigenvalue weighted by Gasteiger charge is 2.52. The van der Waals surface area contributed by atoms with Gasteiger partial charge in [0.15, 0.2) is 11.6 Å². The smallest absolute Gasteiger partial charge is 0.449 e. The number of carbonyl (C=O) groups is 2. The van der Waals surface area contributed by atoms with Crippen molar-refractivity contribution in [3.05, 3.63) is 34.1 Å². The summed E-state index contributed by atoms with van der Waals surface area (Å²) in [7, 11) is 0. The van der Waals surface area contributed by atoms with Crippen molar-refractivity contribution < 1.29 is 33.0 Å². The zero-order valence-corrected chi connectivity index (χ0v) is 17.5. The number of pyridine rings is 1. The van der Waals surface area contributed by atoms with Crippen LogP contribution in [0, 0.1) is 17.6 Å². The zero-order valence-electron chi connectivity index (χ0n) is 17.5. The van der Waals surface area contributed by atoms with Crippen molar-refractivity contribution >= 4 is 28.8 Å². The molecular formula is C21H22F2N4O6. The Hall–Kier alpha value is -3.41. The number of nitrogens with two attached hydrogens (primary N) is 1. The first-order valence-corrected chi connectivity index (χ1v) is 10.6. The van der Waals surface area contributed by atoms with Crippen LogP contribution in [-0.2, 0) is 4.74 Å².